The summed E-state index contributed by atoms with van der Waals surface area (Å²) in [4.78, 5) is 29.3. The number of nitrogens with one attached hydrogen (secondary N) is 2. The fourth-order valence-electron chi connectivity index (χ4n) is 1.41. The number of aryl methyl sites for hydroxylation is 2. The number of amides is 1. The molecule has 0 spiro atoms. The molecule has 1 aromatic rings. The molecule has 0 aliphatic heterocycles. The van der Waals surface area contributed by atoms with Gasteiger partial charge in [0.05, 0.1) is 0 Å². The van der Waals surface area contributed by atoms with Crippen LogP contribution in [-0.4, -0.2) is 15.9 Å². The van der Waals surface area contributed by atoms with Crippen LogP contribution in [0.4, 0.5) is 0 Å². The largest absolute Gasteiger partial charge is 0.311 e. The van der Waals surface area contributed by atoms with Gasteiger partial charge in [-0.15, -0.1) is 0 Å². The molecule has 0 fully saturated rings. The van der Waals surface area contributed by atoms with Gasteiger partial charge in [-0.3, -0.25) is 14.9 Å². The van der Waals surface area contributed by atoms with Gasteiger partial charge >= 0.3 is 0 Å². The van der Waals surface area contributed by atoms with Crippen molar-refractivity contribution < 1.29 is 4.79 Å². The summed E-state index contributed by atoms with van der Waals surface area (Å²) in [6.45, 7) is 3.42. The minimum atomic E-state index is -0.401. The molecule has 0 aliphatic rings. The topological polar surface area (TPSA) is 98.6 Å². The highest BCUT2D eigenvalue weighted by Crippen LogP contribution is 2.02. The van der Waals surface area contributed by atoms with E-state index in [2.05, 4.69) is 9.97 Å². The predicted molar refractivity (Wildman–Crippen MR) is 56.4 cm³/mol. The minimum Gasteiger partial charge on any atom is -0.311 e. The monoisotopic (exact) mass is 220 g/mol. The normalized spacial score (nSPS) is 9.56. The van der Waals surface area contributed by atoms with Crippen LogP contribution in [0.15, 0.2) is 4.79 Å². The lowest BCUT2D eigenvalue weighted by atomic mass is 10.1. The third-order valence-electron chi connectivity index (χ3n) is 2.14. The van der Waals surface area contributed by atoms with Gasteiger partial charge in [0, 0.05) is 17.7 Å². The van der Waals surface area contributed by atoms with Crippen molar-refractivity contribution in [3.8, 4) is 6.19 Å². The average molecular weight is 220 g/mol. The molecule has 0 atom stereocenters. The molecule has 0 saturated heterocycles. The number of rotatable bonds is 3. The van der Waals surface area contributed by atoms with E-state index < -0.39 is 5.91 Å². The molecular formula is C10H12N4O2. The number of nitrogens with zero attached hydrogens (tertiary/aromatic N) is 2. The smallest absolute Gasteiger partial charge is 0.254 e. The molecule has 0 unspecified atom stereocenters. The van der Waals surface area contributed by atoms with Crippen LogP contribution in [0.1, 0.15) is 23.5 Å². The molecule has 2 N–H and O–H groups in total. The lowest BCUT2D eigenvalue weighted by molar-refractivity contribution is -0.119. The Hall–Kier alpha value is -2.16. The second-order valence-corrected chi connectivity index (χ2v) is 3.38. The van der Waals surface area contributed by atoms with Crippen LogP contribution >= 0.6 is 0 Å². The van der Waals surface area contributed by atoms with Crippen molar-refractivity contribution in [2.45, 2.75) is 26.7 Å². The van der Waals surface area contributed by atoms with Crippen LogP contribution in [0.5, 0.6) is 0 Å². The number of carbonyl (C=O) groups excluding carboxylic acids is 1. The van der Waals surface area contributed by atoms with E-state index in [1.165, 1.54) is 0 Å². The highest BCUT2D eigenvalue weighted by Gasteiger charge is 2.08. The van der Waals surface area contributed by atoms with Crippen LogP contribution in [0, 0.1) is 25.3 Å². The second kappa shape index (κ2) is 5.07. The number of carbonyl (C=O) groups is 1. The molecule has 0 aliphatic carbocycles. The first-order valence-electron chi connectivity index (χ1n) is 4.79. The Morgan fingerprint density at radius 2 is 2.25 bits per heavy atom. The second-order valence-electron chi connectivity index (χ2n) is 3.38. The Morgan fingerprint density at radius 1 is 1.56 bits per heavy atom. The number of nitriles is 1. The van der Waals surface area contributed by atoms with Gasteiger partial charge in [0.15, 0.2) is 6.19 Å². The molecule has 0 bridgehead atoms. The molecule has 84 valence electrons. The molecular weight excluding hydrogens is 208 g/mol. The third kappa shape index (κ3) is 2.92. The zero-order valence-electron chi connectivity index (χ0n) is 9.13. The number of aromatic nitrogens is 2. The summed E-state index contributed by atoms with van der Waals surface area (Å²) in [5.41, 5.74) is 0.874. The standard InChI is InChI=1S/C10H12N4O2/c1-6-8(3-4-9(15)12-5-11)10(16)14-7(2)13-6/h3-4H2,1-2H3,(H,12,15)(H,13,14,16). The minimum absolute atomic E-state index is 0.0994. The highest BCUT2D eigenvalue weighted by atomic mass is 16.1. The van der Waals surface area contributed by atoms with Gasteiger partial charge in [0.25, 0.3) is 5.56 Å². The number of aromatic amines is 1. The van der Waals surface area contributed by atoms with Crippen molar-refractivity contribution in [2.24, 2.45) is 0 Å². The molecule has 0 radical (unpaired) electrons. The number of hydrogen-bond donors (Lipinski definition) is 2. The van der Waals surface area contributed by atoms with E-state index in [0.29, 0.717) is 17.1 Å². The maximum atomic E-state index is 11.5. The van der Waals surface area contributed by atoms with Crippen molar-refractivity contribution in [3.05, 3.63) is 27.4 Å². The third-order valence-corrected chi connectivity index (χ3v) is 2.14. The van der Waals surface area contributed by atoms with Crippen LogP contribution in [0.3, 0.4) is 0 Å². The highest BCUT2D eigenvalue weighted by molar-refractivity contribution is 5.77. The van der Waals surface area contributed by atoms with E-state index in [1.807, 2.05) is 5.32 Å². The van der Waals surface area contributed by atoms with E-state index in [0.717, 1.165) is 0 Å². The number of hydrogen-bond acceptors (Lipinski definition) is 4. The van der Waals surface area contributed by atoms with Crippen molar-refractivity contribution in [3.63, 3.8) is 0 Å². The molecule has 0 saturated carbocycles. The van der Waals surface area contributed by atoms with E-state index in [4.69, 9.17) is 5.26 Å². The Morgan fingerprint density at radius 3 is 2.81 bits per heavy atom. The van der Waals surface area contributed by atoms with Gasteiger partial charge in [0.2, 0.25) is 5.91 Å². The quantitative estimate of drug-likeness (QED) is 0.549. The fourth-order valence-corrected chi connectivity index (χ4v) is 1.41. The molecule has 16 heavy (non-hydrogen) atoms. The molecule has 6 heteroatoms. The van der Waals surface area contributed by atoms with Gasteiger partial charge < -0.3 is 4.98 Å². The summed E-state index contributed by atoms with van der Waals surface area (Å²) in [6.07, 6.45) is 1.92. The predicted octanol–water partition coefficient (Wildman–Crippen LogP) is -0.0834. The lowest BCUT2D eigenvalue weighted by Crippen LogP contribution is -2.22. The summed E-state index contributed by atoms with van der Waals surface area (Å²) in [5, 5.41) is 10.2. The first-order chi connectivity index (χ1) is 7.54. The van der Waals surface area contributed by atoms with Crippen molar-refractivity contribution >= 4 is 5.91 Å². The van der Waals surface area contributed by atoms with Gasteiger partial charge in [0.1, 0.15) is 5.82 Å². The zero-order valence-corrected chi connectivity index (χ0v) is 9.13. The Bertz CT molecular complexity index is 499. The summed E-state index contributed by atoms with van der Waals surface area (Å²) >= 11 is 0. The molecule has 1 rings (SSSR count). The molecule has 1 heterocycles. The van der Waals surface area contributed by atoms with E-state index in [9.17, 15) is 9.59 Å². The Balaban J connectivity index is 2.79. The maximum Gasteiger partial charge on any atom is 0.254 e. The van der Waals surface area contributed by atoms with Crippen molar-refractivity contribution in [1.82, 2.24) is 15.3 Å². The van der Waals surface area contributed by atoms with Crippen LogP contribution in [0.25, 0.3) is 0 Å². The lowest BCUT2D eigenvalue weighted by Gasteiger charge is -2.03. The fraction of sp³-hybridized carbons (Fsp3) is 0.400. The first-order valence-corrected chi connectivity index (χ1v) is 4.79. The summed E-state index contributed by atoms with van der Waals surface area (Å²) in [5.74, 6) is 0.148. The zero-order chi connectivity index (χ0) is 12.1. The SMILES string of the molecule is Cc1nc(C)c(CCC(=O)NC#N)c(=O)[nH]1. The van der Waals surface area contributed by atoms with Crippen molar-refractivity contribution in [2.75, 3.05) is 0 Å². The van der Waals surface area contributed by atoms with Gasteiger partial charge in [-0.05, 0) is 20.3 Å². The maximum absolute atomic E-state index is 11.5. The molecule has 0 aromatic carbocycles. The van der Waals surface area contributed by atoms with Gasteiger partial charge in [-0.2, -0.15) is 5.26 Å². The van der Waals surface area contributed by atoms with E-state index in [1.54, 1.807) is 20.0 Å². The van der Waals surface area contributed by atoms with E-state index >= 15 is 0 Å². The Kier molecular flexibility index (Phi) is 3.78. The van der Waals surface area contributed by atoms with Crippen molar-refractivity contribution in [1.29, 1.82) is 5.26 Å². The molecule has 6 nitrogen and oxygen atoms in total. The summed E-state index contributed by atoms with van der Waals surface area (Å²) in [6, 6.07) is 0. The van der Waals surface area contributed by atoms with E-state index in [-0.39, 0.29) is 18.4 Å². The average Bonchev–Trinajstić information content (AvgIpc) is 2.16. The Labute approximate surface area is 92.3 Å². The van der Waals surface area contributed by atoms with Crippen LogP contribution < -0.4 is 10.9 Å². The van der Waals surface area contributed by atoms with Crippen LogP contribution in [0.2, 0.25) is 0 Å². The summed E-state index contributed by atoms with van der Waals surface area (Å²) < 4.78 is 0. The number of H-pyrrole nitrogens is 1. The molecule has 1 aromatic heterocycles. The summed E-state index contributed by atoms with van der Waals surface area (Å²) in [7, 11) is 0. The van der Waals surface area contributed by atoms with Gasteiger partial charge in [-0.25, -0.2) is 4.98 Å². The molecule has 1 amide bonds. The first kappa shape index (κ1) is 11.9. The van der Waals surface area contributed by atoms with Gasteiger partial charge in [-0.1, -0.05) is 0 Å². The van der Waals surface area contributed by atoms with Crippen LogP contribution in [-0.2, 0) is 11.2 Å².